The summed E-state index contributed by atoms with van der Waals surface area (Å²) in [5, 5.41) is 8.54. The zero-order valence-corrected chi connectivity index (χ0v) is 9.71. The number of rotatable bonds is 7. The summed E-state index contributed by atoms with van der Waals surface area (Å²) in [7, 11) is 0. The van der Waals surface area contributed by atoms with Crippen LogP contribution in [-0.2, 0) is 0 Å². The van der Waals surface area contributed by atoms with E-state index in [0.717, 1.165) is 26.1 Å². The quantitative estimate of drug-likeness (QED) is 0.583. The molecule has 2 nitrogen and oxygen atoms in total. The van der Waals surface area contributed by atoms with E-state index in [1.807, 2.05) is 0 Å². The molecule has 0 N–H and O–H groups in total. The van der Waals surface area contributed by atoms with Crippen LogP contribution in [0.2, 0.25) is 0 Å². The van der Waals surface area contributed by atoms with Crippen LogP contribution in [0.5, 0.6) is 0 Å². The zero-order chi connectivity index (χ0) is 11.0. The van der Waals surface area contributed by atoms with Crippen molar-refractivity contribution in [2.24, 2.45) is 5.92 Å². The van der Waals surface area contributed by atoms with Crippen molar-refractivity contribution in [2.45, 2.75) is 33.6 Å². The van der Waals surface area contributed by atoms with Gasteiger partial charge in [-0.3, -0.25) is 4.90 Å². The second-order valence-corrected chi connectivity index (χ2v) is 4.14. The van der Waals surface area contributed by atoms with Gasteiger partial charge in [0, 0.05) is 26.1 Å². The first-order valence-corrected chi connectivity index (χ1v) is 5.36. The van der Waals surface area contributed by atoms with Crippen LogP contribution in [0.4, 0.5) is 0 Å². The van der Waals surface area contributed by atoms with Gasteiger partial charge in [0.05, 0.1) is 6.07 Å². The number of nitrogens with zero attached hydrogens (tertiary/aromatic N) is 2. The fourth-order valence-corrected chi connectivity index (χ4v) is 1.39. The van der Waals surface area contributed by atoms with Crippen LogP contribution in [-0.4, -0.2) is 24.5 Å². The van der Waals surface area contributed by atoms with Gasteiger partial charge in [-0.05, 0) is 12.3 Å². The van der Waals surface area contributed by atoms with Crippen molar-refractivity contribution >= 4 is 0 Å². The SMILES string of the molecule is C=C(CC)CN(CCC#N)CC(C)C. The predicted molar refractivity (Wildman–Crippen MR) is 60.9 cm³/mol. The Bertz CT molecular complexity index is 201. The van der Waals surface area contributed by atoms with E-state index in [-0.39, 0.29) is 0 Å². The standard InChI is InChI=1S/C12H22N2/c1-5-12(4)10-14(8-6-7-13)9-11(2)3/h11H,4-6,8-10H2,1-3H3. The fourth-order valence-electron chi connectivity index (χ4n) is 1.39. The highest BCUT2D eigenvalue weighted by Gasteiger charge is 2.07. The highest BCUT2D eigenvalue weighted by atomic mass is 15.1. The highest BCUT2D eigenvalue weighted by molar-refractivity contribution is 4.96. The van der Waals surface area contributed by atoms with Crippen LogP contribution in [0.3, 0.4) is 0 Å². The lowest BCUT2D eigenvalue weighted by atomic mass is 10.1. The van der Waals surface area contributed by atoms with Crippen LogP contribution in [0.15, 0.2) is 12.2 Å². The van der Waals surface area contributed by atoms with Crippen molar-refractivity contribution in [1.29, 1.82) is 5.26 Å². The van der Waals surface area contributed by atoms with Crippen molar-refractivity contribution in [3.63, 3.8) is 0 Å². The van der Waals surface area contributed by atoms with Crippen LogP contribution in [0.25, 0.3) is 0 Å². The molecule has 0 radical (unpaired) electrons. The third-order valence-electron chi connectivity index (χ3n) is 2.11. The first-order chi connectivity index (χ1) is 6.60. The fraction of sp³-hybridized carbons (Fsp3) is 0.750. The third kappa shape index (κ3) is 6.68. The highest BCUT2D eigenvalue weighted by Crippen LogP contribution is 2.05. The maximum absolute atomic E-state index is 8.54. The zero-order valence-electron chi connectivity index (χ0n) is 9.71. The summed E-state index contributed by atoms with van der Waals surface area (Å²) in [4.78, 5) is 2.32. The lowest BCUT2D eigenvalue weighted by Gasteiger charge is -2.23. The van der Waals surface area contributed by atoms with Gasteiger partial charge < -0.3 is 0 Å². The van der Waals surface area contributed by atoms with Gasteiger partial charge in [-0.1, -0.05) is 32.9 Å². The van der Waals surface area contributed by atoms with Gasteiger partial charge in [0.1, 0.15) is 0 Å². The minimum atomic E-state index is 0.615. The van der Waals surface area contributed by atoms with E-state index < -0.39 is 0 Å². The smallest absolute Gasteiger partial charge is 0.0635 e. The average Bonchev–Trinajstić information content (AvgIpc) is 2.13. The molecule has 2 heteroatoms. The Kier molecular flexibility index (Phi) is 7.14. The molecule has 0 rings (SSSR count). The molecule has 0 aliphatic carbocycles. The van der Waals surface area contributed by atoms with Crippen LogP contribution < -0.4 is 0 Å². The Morgan fingerprint density at radius 1 is 1.50 bits per heavy atom. The van der Waals surface area contributed by atoms with Gasteiger partial charge in [-0.2, -0.15) is 5.26 Å². The van der Waals surface area contributed by atoms with Gasteiger partial charge >= 0.3 is 0 Å². The molecule has 0 bridgehead atoms. The van der Waals surface area contributed by atoms with E-state index in [1.54, 1.807) is 0 Å². The maximum atomic E-state index is 8.54. The Hall–Kier alpha value is -0.810. The molecule has 0 aliphatic rings. The predicted octanol–water partition coefficient (Wildman–Crippen LogP) is 2.82. The van der Waals surface area contributed by atoms with E-state index >= 15 is 0 Å². The summed E-state index contributed by atoms with van der Waals surface area (Å²) in [6, 6.07) is 2.19. The largest absolute Gasteiger partial charge is 0.298 e. The molecule has 0 aliphatic heterocycles. The third-order valence-corrected chi connectivity index (χ3v) is 2.11. The van der Waals surface area contributed by atoms with E-state index in [2.05, 4.69) is 38.3 Å². The minimum absolute atomic E-state index is 0.615. The molecule has 0 atom stereocenters. The first kappa shape index (κ1) is 13.2. The monoisotopic (exact) mass is 194 g/mol. The summed E-state index contributed by atoms with van der Waals surface area (Å²) >= 11 is 0. The number of hydrogen-bond donors (Lipinski definition) is 0. The maximum Gasteiger partial charge on any atom is 0.0635 e. The van der Waals surface area contributed by atoms with E-state index in [9.17, 15) is 0 Å². The van der Waals surface area contributed by atoms with Crippen molar-refractivity contribution in [3.05, 3.63) is 12.2 Å². The number of nitriles is 1. The van der Waals surface area contributed by atoms with Gasteiger partial charge in [0.15, 0.2) is 0 Å². The van der Waals surface area contributed by atoms with Gasteiger partial charge in [-0.15, -0.1) is 0 Å². The summed E-state index contributed by atoms with van der Waals surface area (Å²) in [6.45, 7) is 13.4. The molecule has 0 unspecified atom stereocenters. The lowest BCUT2D eigenvalue weighted by molar-refractivity contribution is 0.267. The summed E-state index contributed by atoms with van der Waals surface area (Å²) < 4.78 is 0. The van der Waals surface area contributed by atoms with E-state index in [4.69, 9.17) is 5.26 Å². The normalized spacial score (nSPS) is 10.6. The lowest BCUT2D eigenvalue weighted by Crippen LogP contribution is -2.30. The number of hydrogen-bond acceptors (Lipinski definition) is 2. The second-order valence-electron chi connectivity index (χ2n) is 4.14. The minimum Gasteiger partial charge on any atom is -0.298 e. The van der Waals surface area contributed by atoms with Crippen molar-refractivity contribution < 1.29 is 0 Å². The van der Waals surface area contributed by atoms with Crippen molar-refractivity contribution in [3.8, 4) is 6.07 Å². The Balaban J connectivity index is 3.97. The summed E-state index contributed by atoms with van der Waals surface area (Å²) in [5.74, 6) is 0.651. The molecule has 14 heavy (non-hydrogen) atoms. The Morgan fingerprint density at radius 2 is 2.14 bits per heavy atom. The molecule has 0 saturated heterocycles. The summed E-state index contributed by atoms with van der Waals surface area (Å²) in [6.07, 6.45) is 1.64. The molecule has 0 amide bonds. The van der Waals surface area contributed by atoms with Crippen molar-refractivity contribution in [2.75, 3.05) is 19.6 Å². The second kappa shape index (κ2) is 7.58. The molecule has 0 aromatic heterocycles. The van der Waals surface area contributed by atoms with E-state index in [0.29, 0.717) is 12.3 Å². The molecule has 0 aromatic carbocycles. The van der Waals surface area contributed by atoms with Crippen LogP contribution in [0.1, 0.15) is 33.6 Å². The van der Waals surface area contributed by atoms with E-state index in [1.165, 1.54) is 5.57 Å². The molecule has 0 spiro atoms. The first-order valence-electron chi connectivity index (χ1n) is 5.36. The molecule has 0 aromatic rings. The van der Waals surface area contributed by atoms with Gasteiger partial charge in [-0.25, -0.2) is 0 Å². The van der Waals surface area contributed by atoms with Crippen molar-refractivity contribution in [1.82, 2.24) is 4.90 Å². The summed E-state index contributed by atoms with van der Waals surface area (Å²) in [5.41, 5.74) is 1.25. The molecular weight excluding hydrogens is 172 g/mol. The van der Waals surface area contributed by atoms with Gasteiger partial charge in [0.25, 0.3) is 0 Å². The van der Waals surface area contributed by atoms with Crippen LogP contribution >= 0.6 is 0 Å². The Labute approximate surface area is 88.2 Å². The van der Waals surface area contributed by atoms with Gasteiger partial charge in [0.2, 0.25) is 0 Å². The molecule has 0 saturated carbocycles. The molecule has 80 valence electrons. The Morgan fingerprint density at radius 3 is 2.57 bits per heavy atom. The molecule has 0 fully saturated rings. The van der Waals surface area contributed by atoms with Crippen LogP contribution in [0, 0.1) is 17.2 Å². The average molecular weight is 194 g/mol. The molecule has 0 heterocycles. The molecular formula is C12H22N2. The topological polar surface area (TPSA) is 27.0 Å².